The van der Waals surface area contributed by atoms with Gasteiger partial charge in [0.05, 0.1) is 12.5 Å². The second-order valence-electron chi connectivity index (χ2n) is 6.21. The fourth-order valence-electron chi connectivity index (χ4n) is 3.36. The first-order chi connectivity index (χ1) is 10.0. The van der Waals surface area contributed by atoms with Gasteiger partial charge in [0.2, 0.25) is 0 Å². The number of amides is 2. The smallest absolute Gasteiger partial charge is 0.320 e. The number of nitrogens with zero attached hydrogens (tertiary/aromatic N) is 2. The van der Waals surface area contributed by atoms with Gasteiger partial charge < -0.3 is 19.6 Å². The van der Waals surface area contributed by atoms with E-state index in [-0.39, 0.29) is 24.6 Å². The van der Waals surface area contributed by atoms with Crippen LogP contribution in [0.5, 0.6) is 0 Å². The van der Waals surface area contributed by atoms with Crippen molar-refractivity contribution in [3.8, 4) is 0 Å². The molecule has 3 unspecified atom stereocenters. The Balaban J connectivity index is 2.01. The van der Waals surface area contributed by atoms with Gasteiger partial charge in [0, 0.05) is 32.8 Å². The molecular formula is C15H26N2O4. The molecule has 2 aliphatic heterocycles. The van der Waals surface area contributed by atoms with E-state index < -0.39 is 5.97 Å². The van der Waals surface area contributed by atoms with E-state index in [1.54, 1.807) is 12.0 Å². The maximum absolute atomic E-state index is 12.7. The zero-order chi connectivity index (χ0) is 15.4. The zero-order valence-electron chi connectivity index (χ0n) is 13.0. The third kappa shape index (κ3) is 3.87. The number of carboxylic acid groups (broad SMARTS) is 1. The number of carbonyl (C=O) groups is 2. The third-order valence-electron chi connectivity index (χ3n) is 4.75. The average Bonchev–Trinajstić information content (AvgIpc) is 2.47. The molecule has 1 N–H and O–H groups in total. The molecule has 0 aromatic heterocycles. The molecule has 2 heterocycles. The fraction of sp³-hybridized carbons (Fsp3) is 0.867. The normalized spacial score (nSPS) is 30.3. The van der Waals surface area contributed by atoms with Crippen LogP contribution in [-0.4, -0.2) is 65.8 Å². The van der Waals surface area contributed by atoms with Crippen LogP contribution in [0.1, 0.15) is 39.0 Å². The third-order valence-corrected chi connectivity index (χ3v) is 4.75. The summed E-state index contributed by atoms with van der Waals surface area (Å²) in [5.74, 6) is -0.378. The molecule has 3 atom stereocenters. The van der Waals surface area contributed by atoms with Crippen molar-refractivity contribution in [1.82, 2.24) is 9.80 Å². The van der Waals surface area contributed by atoms with Gasteiger partial charge in [-0.2, -0.15) is 0 Å². The number of carboxylic acids is 1. The molecule has 2 rings (SSSR count). The minimum atomic E-state index is -0.832. The van der Waals surface area contributed by atoms with Gasteiger partial charge in [0.25, 0.3) is 0 Å². The van der Waals surface area contributed by atoms with Crippen LogP contribution < -0.4 is 0 Å². The van der Waals surface area contributed by atoms with Crippen LogP contribution in [-0.2, 0) is 9.53 Å². The standard InChI is InChI=1S/C15H26N2O4/c1-11-6-8-16(10-13(11)21-2)15(20)17-7-4-3-5-12(17)9-14(18)19/h11-13H,3-10H2,1-2H3,(H,18,19). The second kappa shape index (κ2) is 7.11. The van der Waals surface area contributed by atoms with Crippen molar-refractivity contribution in [1.29, 1.82) is 0 Å². The topological polar surface area (TPSA) is 70.1 Å². The van der Waals surface area contributed by atoms with Crippen molar-refractivity contribution < 1.29 is 19.4 Å². The molecule has 0 aromatic carbocycles. The highest BCUT2D eigenvalue weighted by atomic mass is 16.5. The van der Waals surface area contributed by atoms with Crippen LogP contribution in [0.3, 0.4) is 0 Å². The van der Waals surface area contributed by atoms with Crippen LogP contribution in [0, 0.1) is 5.92 Å². The van der Waals surface area contributed by atoms with Crippen molar-refractivity contribution in [2.75, 3.05) is 26.7 Å². The van der Waals surface area contributed by atoms with E-state index in [0.29, 0.717) is 19.0 Å². The molecule has 6 heteroatoms. The molecular weight excluding hydrogens is 272 g/mol. The maximum Gasteiger partial charge on any atom is 0.320 e. The number of ether oxygens (including phenoxy) is 1. The molecule has 0 aliphatic carbocycles. The van der Waals surface area contributed by atoms with Gasteiger partial charge in [-0.15, -0.1) is 0 Å². The van der Waals surface area contributed by atoms with Crippen LogP contribution >= 0.6 is 0 Å². The Hall–Kier alpha value is -1.30. The Bertz CT molecular complexity index is 388. The fourth-order valence-corrected chi connectivity index (χ4v) is 3.36. The molecule has 6 nitrogen and oxygen atoms in total. The van der Waals surface area contributed by atoms with Gasteiger partial charge in [-0.3, -0.25) is 4.79 Å². The van der Waals surface area contributed by atoms with Crippen LogP contribution in [0.4, 0.5) is 4.79 Å². The number of urea groups is 1. The van der Waals surface area contributed by atoms with Crippen LogP contribution in [0.15, 0.2) is 0 Å². The monoisotopic (exact) mass is 298 g/mol. The Morgan fingerprint density at radius 3 is 2.67 bits per heavy atom. The Morgan fingerprint density at radius 1 is 1.24 bits per heavy atom. The summed E-state index contributed by atoms with van der Waals surface area (Å²) < 4.78 is 5.46. The first-order valence-corrected chi connectivity index (χ1v) is 7.83. The lowest BCUT2D eigenvalue weighted by molar-refractivity contribution is -0.138. The Labute approximate surface area is 126 Å². The molecule has 0 spiro atoms. The molecule has 2 saturated heterocycles. The van der Waals surface area contributed by atoms with E-state index in [2.05, 4.69) is 6.92 Å². The molecule has 2 amide bonds. The van der Waals surface area contributed by atoms with Crippen molar-refractivity contribution in [2.45, 2.75) is 51.2 Å². The molecule has 21 heavy (non-hydrogen) atoms. The van der Waals surface area contributed by atoms with Crippen LogP contribution in [0.2, 0.25) is 0 Å². The predicted molar refractivity (Wildman–Crippen MR) is 78.1 cm³/mol. The van der Waals surface area contributed by atoms with E-state index in [4.69, 9.17) is 9.84 Å². The van der Waals surface area contributed by atoms with Crippen molar-refractivity contribution in [2.24, 2.45) is 5.92 Å². The molecule has 120 valence electrons. The summed E-state index contributed by atoms with van der Waals surface area (Å²) in [6, 6.07) is -0.181. The highest BCUT2D eigenvalue weighted by Crippen LogP contribution is 2.25. The number of carbonyl (C=O) groups excluding carboxylic acids is 1. The quantitative estimate of drug-likeness (QED) is 0.862. The predicted octanol–water partition coefficient (Wildman–Crippen LogP) is 1.79. The summed E-state index contributed by atoms with van der Waals surface area (Å²) in [7, 11) is 1.68. The summed E-state index contributed by atoms with van der Waals surface area (Å²) >= 11 is 0. The molecule has 2 aliphatic rings. The summed E-state index contributed by atoms with van der Waals surface area (Å²) in [6.45, 7) is 4.15. The van der Waals surface area contributed by atoms with Gasteiger partial charge >= 0.3 is 12.0 Å². The Morgan fingerprint density at radius 2 is 2.00 bits per heavy atom. The van der Waals surface area contributed by atoms with Crippen molar-refractivity contribution in [3.05, 3.63) is 0 Å². The van der Waals surface area contributed by atoms with Crippen LogP contribution in [0.25, 0.3) is 0 Å². The number of aliphatic carboxylic acids is 1. The number of hydrogen-bond donors (Lipinski definition) is 1. The number of rotatable bonds is 3. The van der Waals surface area contributed by atoms with E-state index in [0.717, 1.165) is 32.2 Å². The number of methoxy groups -OCH3 is 1. The van der Waals surface area contributed by atoms with Crippen molar-refractivity contribution >= 4 is 12.0 Å². The van der Waals surface area contributed by atoms with Gasteiger partial charge in [0.1, 0.15) is 0 Å². The number of likely N-dealkylation sites (tertiary alicyclic amines) is 2. The lowest BCUT2D eigenvalue weighted by atomic mass is 9.95. The first kappa shape index (κ1) is 16.1. The summed E-state index contributed by atoms with van der Waals surface area (Å²) in [4.78, 5) is 27.3. The van der Waals surface area contributed by atoms with Gasteiger partial charge in [0.15, 0.2) is 0 Å². The van der Waals surface area contributed by atoms with Gasteiger partial charge in [-0.1, -0.05) is 6.92 Å². The largest absolute Gasteiger partial charge is 0.481 e. The minimum Gasteiger partial charge on any atom is -0.481 e. The van der Waals surface area contributed by atoms with Crippen molar-refractivity contribution in [3.63, 3.8) is 0 Å². The minimum absolute atomic E-state index is 0.0186. The first-order valence-electron chi connectivity index (χ1n) is 7.83. The molecule has 0 saturated carbocycles. The van der Waals surface area contributed by atoms with Gasteiger partial charge in [-0.05, 0) is 31.6 Å². The molecule has 0 radical (unpaired) electrons. The highest BCUT2D eigenvalue weighted by Gasteiger charge is 2.35. The number of piperidine rings is 2. The second-order valence-corrected chi connectivity index (χ2v) is 6.21. The van der Waals surface area contributed by atoms with E-state index >= 15 is 0 Å². The Kier molecular flexibility index (Phi) is 5.45. The van der Waals surface area contributed by atoms with E-state index in [1.165, 1.54) is 0 Å². The molecule has 0 aromatic rings. The van der Waals surface area contributed by atoms with E-state index in [9.17, 15) is 9.59 Å². The molecule has 0 bridgehead atoms. The zero-order valence-corrected chi connectivity index (χ0v) is 13.0. The maximum atomic E-state index is 12.7. The van der Waals surface area contributed by atoms with E-state index in [1.807, 2.05) is 4.90 Å². The highest BCUT2D eigenvalue weighted by molar-refractivity contribution is 5.76. The lowest BCUT2D eigenvalue weighted by Crippen LogP contribution is -2.55. The molecule has 2 fully saturated rings. The number of hydrogen-bond acceptors (Lipinski definition) is 3. The summed E-state index contributed by atoms with van der Waals surface area (Å²) in [6.07, 6.45) is 3.80. The summed E-state index contributed by atoms with van der Waals surface area (Å²) in [5, 5.41) is 9.02. The van der Waals surface area contributed by atoms with Gasteiger partial charge in [-0.25, -0.2) is 4.79 Å². The SMILES string of the molecule is COC1CN(C(=O)N2CCCCC2CC(=O)O)CCC1C. The lowest BCUT2D eigenvalue weighted by Gasteiger charge is -2.42. The average molecular weight is 298 g/mol. The summed E-state index contributed by atoms with van der Waals surface area (Å²) in [5.41, 5.74) is 0.